The van der Waals surface area contributed by atoms with Gasteiger partial charge < -0.3 is 16.4 Å². The van der Waals surface area contributed by atoms with E-state index in [-0.39, 0.29) is 11.6 Å². The van der Waals surface area contributed by atoms with Crippen LogP contribution in [0.5, 0.6) is 0 Å². The Kier molecular flexibility index (Phi) is 3.58. The molecule has 0 aromatic carbocycles. The van der Waals surface area contributed by atoms with Gasteiger partial charge >= 0.3 is 0 Å². The highest BCUT2D eigenvalue weighted by molar-refractivity contribution is 7.20. The Bertz CT molecular complexity index is 577. The summed E-state index contributed by atoms with van der Waals surface area (Å²) < 4.78 is 0. The van der Waals surface area contributed by atoms with Gasteiger partial charge in [-0.2, -0.15) is 0 Å². The van der Waals surface area contributed by atoms with Gasteiger partial charge in [-0.1, -0.05) is 17.4 Å². The molecule has 6 nitrogen and oxygen atoms in total. The van der Waals surface area contributed by atoms with Gasteiger partial charge in [0.25, 0.3) is 11.8 Å². The Morgan fingerprint density at radius 3 is 2.78 bits per heavy atom. The number of carbonyl (C=O) groups excluding carboxylic acids is 2. The van der Waals surface area contributed by atoms with Gasteiger partial charge in [-0.15, -0.1) is 11.3 Å². The lowest BCUT2D eigenvalue weighted by Gasteiger charge is -2.00. The van der Waals surface area contributed by atoms with Gasteiger partial charge in [0, 0.05) is 7.05 Å². The second-order valence-corrected chi connectivity index (χ2v) is 5.19. The van der Waals surface area contributed by atoms with Gasteiger partial charge in [0.2, 0.25) is 0 Å². The van der Waals surface area contributed by atoms with Crippen LogP contribution in [-0.4, -0.2) is 23.8 Å². The molecule has 2 aromatic rings. The number of carbonyl (C=O) groups is 2. The fourth-order valence-corrected chi connectivity index (χ4v) is 2.69. The molecule has 0 saturated heterocycles. The molecule has 2 heterocycles. The molecule has 0 fully saturated rings. The van der Waals surface area contributed by atoms with Crippen LogP contribution in [0.15, 0.2) is 17.5 Å². The molecule has 8 heteroatoms. The highest BCUT2D eigenvalue weighted by atomic mass is 32.1. The average molecular weight is 282 g/mol. The van der Waals surface area contributed by atoms with Gasteiger partial charge in [-0.25, -0.2) is 4.98 Å². The van der Waals surface area contributed by atoms with E-state index >= 15 is 0 Å². The summed E-state index contributed by atoms with van der Waals surface area (Å²) in [6.45, 7) is 0. The van der Waals surface area contributed by atoms with Crippen molar-refractivity contribution in [3.8, 4) is 0 Å². The molecule has 4 N–H and O–H groups in total. The summed E-state index contributed by atoms with van der Waals surface area (Å²) in [6, 6.07) is 3.48. The molecular formula is C10H10N4O2S2. The van der Waals surface area contributed by atoms with E-state index in [1.165, 1.54) is 11.3 Å². The standard InChI is InChI=1S/C10H10N4O2S2/c1-12-10-13-6(7(11)15)9(18-10)14-8(16)5-3-2-4-17-5/h2-4H,1H3,(H2,11,15)(H,12,13)(H,14,16). The van der Waals surface area contributed by atoms with Gasteiger partial charge in [0.15, 0.2) is 10.8 Å². The molecule has 0 unspecified atom stereocenters. The summed E-state index contributed by atoms with van der Waals surface area (Å²) in [4.78, 5) is 27.6. The number of nitrogens with zero attached hydrogens (tertiary/aromatic N) is 1. The molecule has 2 aromatic heterocycles. The van der Waals surface area contributed by atoms with Crippen molar-refractivity contribution in [1.29, 1.82) is 0 Å². The molecule has 0 saturated carbocycles. The van der Waals surface area contributed by atoms with Crippen LogP contribution in [0.1, 0.15) is 20.2 Å². The van der Waals surface area contributed by atoms with E-state index in [4.69, 9.17) is 5.73 Å². The van der Waals surface area contributed by atoms with Crippen LogP contribution in [-0.2, 0) is 0 Å². The Balaban J connectivity index is 2.25. The first kappa shape index (κ1) is 12.5. The Labute approximate surface area is 111 Å². The fourth-order valence-electron chi connectivity index (χ4n) is 1.25. The summed E-state index contributed by atoms with van der Waals surface area (Å²) in [6.07, 6.45) is 0. The molecule has 94 valence electrons. The van der Waals surface area contributed by atoms with E-state index in [1.807, 2.05) is 0 Å². The zero-order valence-electron chi connectivity index (χ0n) is 9.39. The van der Waals surface area contributed by atoms with Crippen LogP contribution in [0, 0.1) is 0 Å². The molecule has 2 amide bonds. The van der Waals surface area contributed by atoms with Crippen LogP contribution < -0.4 is 16.4 Å². The molecule has 18 heavy (non-hydrogen) atoms. The first-order chi connectivity index (χ1) is 8.61. The number of rotatable bonds is 4. The first-order valence-electron chi connectivity index (χ1n) is 4.95. The molecule has 0 atom stereocenters. The van der Waals surface area contributed by atoms with E-state index in [1.54, 1.807) is 24.6 Å². The SMILES string of the molecule is CNc1nc(C(N)=O)c(NC(=O)c2cccs2)s1. The Morgan fingerprint density at radius 1 is 1.44 bits per heavy atom. The quantitative estimate of drug-likeness (QED) is 0.793. The van der Waals surface area contributed by atoms with Crippen LogP contribution >= 0.6 is 22.7 Å². The van der Waals surface area contributed by atoms with Crippen LogP contribution in [0.25, 0.3) is 0 Å². The maximum absolute atomic E-state index is 11.9. The first-order valence-corrected chi connectivity index (χ1v) is 6.64. The number of primary amides is 1. The number of aromatic nitrogens is 1. The van der Waals surface area contributed by atoms with E-state index in [0.29, 0.717) is 15.0 Å². The third-order valence-corrected chi connectivity index (χ3v) is 3.90. The highest BCUT2D eigenvalue weighted by Crippen LogP contribution is 2.28. The van der Waals surface area contributed by atoms with Crippen molar-refractivity contribution in [3.05, 3.63) is 28.1 Å². The lowest BCUT2D eigenvalue weighted by molar-refractivity contribution is 0.0997. The largest absolute Gasteiger partial charge is 0.365 e. The van der Waals surface area contributed by atoms with Gasteiger partial charge in [-0.05, 0) is 11.4 Å². The number of thiazole rings is 1. The number of amides is 2. The van der Waals surface area contributed by atoms with Gasteiger partial charge in [-0.3, -0.25) is 9.59 Å². The fraction of sp³-hybridized carbons (Fsp3) is 0.100. The van der Waals surface area contributed by atoms with E-state index in [2.05, 4.69) is 15.6 Å². The lowest BCUT2D eigenvalue weighted by Crippen LogP contribution is -2.16. The predicted octanol–water partition coefficient (Wildman–Crippen LogP) is 1.60. The molecule has 0 aliphatic rings. The van der Waals surface area contributed by atoms with Crippen molar-refractivity contribution in [2.75, 3.05) is 17.7 Å². The van der Waals surface area contributed by atoms with E-state index in [9.17, 15) is 9.59 Å². The number of thiophene rings is 1. The Hall–Kier alpha value is -1.93. The summed E-state index contributed by atoms with van der Waals surface area (Å²) in [7, 11) is 1.68. The van der Waals surface area contributed by atoms with Crippen LogP contribution in [0.3, 0.4) is 0 Å². The molecule has 0 bridgehead atoms. The van der Waals surface area contributed by atoms with Crippen LogP contribution in [0.4, 0.5) is 10.1 Å². The minimum atomic E-state index is -0.672. The number of anilines is 2. The van der Waals surface area contributed by atoms with Crippen molar-refractivity contribution in [2.45, 2.75) is 0 Å². The molecule has 0 aliphatic carbocycles. The minimum Gasteiger partial charge on any atom is -0.365 e. The number of nitrogens with two attached hydrogens (primary N) is 1. The monoisotopic (exact) mass is 282 g/mol. The molecule has 0 aliphatic heterocycles. The number of hydrogen-bond donors (Lipinski definition) is 3. The zero-order chi connectivity index (χ0) is 13.1. The number of nitrogens with one attached hydrogen (secondary N) is 2. The average Bonchev–Trinajstić information content (AvgIpc) is 2.97. The van der Waals surface area contributed by atoms with E-state index in [0.717, 1.165) is 11.3 Å². The van der Waals surface area contributed by atoms with Crippen LogP contribution in [0.2, 0.25) is 0 Å². The summed E-state index contributed by atoms with van der Waals surface area (Å²) in [5, 5.41) is 8.11. The number of hydrogen-bond acceptors (Lipinski definition) is 6. The maximum Gasteiger partial charge on any atom is 0.270 e. The normalized spacial score (nSPS) is 10.1. The minimum absolute atomic E-state index is 0.0641. The maximum atomic E-state index is 11.9. The van der Waals surface area contributed by atoms with Gasteiger partial charge in [0.1, 0.15) is 5.00 Å². The summed E-state index contributed by atoms with van der Waals surface area (Å²) in [5.41, 5.74) is 5.27. The second-order valence-electron chi connectivity index (χ2n) is 3.24. The summed E-state index contributed by atoms with van der Waals surface area (Å²) >= 11 is 2.48. The van der Waals surface area contributed by atoms with Crippen molar-refractivity contribution in [1.82, 2.24) is 4.98 Å². The third kappa shape index (κ3) is 2.49. The van der Waals surface area contributed by atoms with Gasteiger partial charge in [0.05, 0.1) is 4.88 Å². The van der Waals surface area contributed by atoms with Crippen molar-refractivity contribution in [3.63, 3.8) is 0 Å². The second kappa shape index (κ2) is 5.15. The third-order valence-electron chi connectivity index (χ3n) is 2.05. The topological polar surface area (TPSA) is 97.1 Å². The Morgan fingerprint density at radius 2 is 2.22 bits per heavy atom. The molecule has 2 rings (SSSR count). The molecule has 0 radical (unpaired) electrons. The summed E-state index contributed by atoms with van der Waals surface area (Å²) in [5.74, 6) is -0.951. The van der Waals surface area contributed by atoms with E-state index < -0.39 is 5.91 Å². The molecular weight excluding hydrogens is 272 g/mol. The zero-order valence-corrected chi connectivity index (χ0v) is 11.0. The molecule has 0 spiro atoms. The van der Waals surface area contributed by atoms with Crippen molar-refractivity contribution < 1.29 is 9.59 Å². The van der Waals surface area contributed by atoms with Crippen molar-refractivity contribution in [2.24, 2.45) is 5.73 Å². The highest BCUT2D eigenvalue weighted by Gasteiger charge is 2.18. The predicted molar refractivity (Wildman–Crippen MR) is 72.5 cm³/mol. The lowest BCUT2D eigenvalue weighted by atomic mass is 10.4. The van der Waals surface area contributed by atoms with Crippen molar-refractivity contribution >= 4 is 44.6 Å². The smallest absolute Gasteiger partial charge is 0.270 e.